The molecule has 1 aliphatic heterocycles. The van der Waals surface area contributed by atoms with Gasteiger partial charge in [-0.15, -0.1) is 10.2 Å². The molecule has 1 fully saturated rings. The number of morpholine rings is 1. The third kappa shape index (κ3) is 5.14. The third-order valence-corrected chi connectivity index (χ3v) is 6.14. The Hall–Kier alpha value is -2.00. The molecule has 0 saturated carbocycles. The molecule has 8 heteroatoms. The summed E-state index contributed by atoms with van der Waals surface area (Å²) in [6.45, 7) is 3.94. The van der Waals surface area contributed by atoms with Gasteiger partial charge in [-0.25, -0.2) is 0 Å². The minimum Gasteiger partial charge on any atom is -0.379 e. The summed E-state index contributed by atoms with van der Waals surface area (Å²) in [7, 11) is 0. The van der Waals surface area contributed by atoms with Crippen LogP contribution in [0.1, 0.15) is 16.2 Å². The van der Waals surface area contributed by atoms with E-state index in [1.165, 1.54) is 11.8 Å². The van der Waals surface area contributed by atoms with E-state index < -0.39 is 0 Å². The molecule has 0 unspecified atom stereocenters. The zero-order chi connectivity index (χ0) is 20.1. The SMILES string of the molecule is O=C(CSc1nnc(CN2CCOCC2)n1-c1ccccc1)c1ccc(Br)cc1. The average Bonchev–Trinajstić information content (AvgIpc) is 3.16. The van der Waals surface area contributed by atoms with Crippen LogP contribution < -0.4 is 0 Å². The highest BCUT2D eigenvalue weighted by molar-refractivity contribution is 9.10. The quantitative estimate of drug-likeness (QED) is 0.384. The van der Waals surface area contributed by atoms with Crippen molar-refractivity contribution in [2.75, 3.05) is 32.1 Å². The highest BCUT2D eigenvalue weighted by atomic mass is 79.9. The van der Waals surface area contributed by atoms with Crippen LogP contribution >= 0.6 is 27.7 Å². The molecular formula is C21H21BrN4O2S. The van der Waals surface area contributed by atoms with Crippen molar-refractivity contribution in [3.63, 3.8) is 0 Å². The molecule has 0 aliphatic carbocycles. The predicted molar refractivity (Wildman–Crippen MR) is 117 cm³/mol. The number of ketones is 1. The van der Waals surface area contributed by atoms with Crippen LogP contribution in [0.3, 0.4) is 0 Å². The summed E-state index contributed by atoms with van der Waals surface area (Å²) in [4.78, 5) is 14.9. The normalized spacial score (nSPS) is 14.8. The zero-order valence-corrected chi connectivity index (χ0v) is 18.2. The summed E-state index contributed by atoms with van der Waals surface area (Å²) in [5.41, 5.74) is 1.69. The fourth-order valence-electron chi connectivity index (χ4n) is 3.14. The largest absolute Gasteiger partial charge is 0.379 e. The maximum absolute atomic E-state index is 12.6. The number of rotatable bonds is 7. The number of hydrogen-bond acceptors (Lipinski definition) is 6. The summed E-state index contributed by atoms with van der Waals surface area (Å²) in [6.07, 6.45) is 0. The van der Waals surface area contributed by atoms with Crippen molar-refractivity contribution in [3.8, 4) is 5.69 Å². The Morgan fingerprint density at radius 2 is 1.76 bits per heavy atom. The van der Waals surface area contributed by atoms with Crippen molar-refractivity contribution in [2.24, 2.45) is 0 Å². The van der Waals surface area contributed by atoms with Crippen LogP contribution in [-0.2, 0) is 11.3 Å². The molecule has 150 valence electrons. The number of carbonyl (C=O) groups is 1. The number of Topliss-reactive ketones (excluding diaryl/α,β-unsaturated/α-hetero) is 1. The van der Waals surface area contributed by atoms with Crippen LogP contribution in [0.5, 0.6) is 0 Å². The van der Waals surface area contributed by atoms with E-state index in [1.54, 1.807) is 0 Å². The molecule has 0 atom stereocenters. The molecule has 1 aromatic heterocycles. The Bertz CT molecular complexity index is 957. The maximum Gasteiger partial charge on any atom is 0.196 e. The molecule has 0 radical (unpaired) electrons. The van der Waals surface area contributed by atoms with E-state index in [2.05, 4.69) is 35.6 Å². The Morgan fingerprint density at radius 3 is 2.48 bits per heavy atom. The van der Waals surface area contributed by atoms with Gasteiger partial charge in [0, 0.05) is 28.8 Å². The van der Waals surface area contributed by atoms with E-state index in [0.717, 1.165) is 47.4 Å². The average molecular weight is 473 g/mol. The van der Waals surface area contributed by atoms with Gasteiger partial charge in [-0.3, -0.25) is 14.3 Å². The second kappa shape index (κ2) is 9.67. The van der Waals surface area contributed by atoms with Crippen LogP contribution in [0.15, 0.2) is 64.2 Å². The second-order valence-corrected chi connectivity index (χ2v) is 8.54. The summed E-state index contributed by atoms with van der Waals surface area (Å²) < 4.78 is 8.45. The number of nitrogens with zero attached hydrogens (tertiary/aromatic N) is 4. The molecule has 6 nitrogen and oxygen atoms in total. The van der Waals surface area contributed by atoms with E-state index in [0.29, 0.717) is 17.9 Å². The summed E-state index contributed by atoms with van der Waals surface area (Å²) >= 11 is 4.82. The predicted octanol–water partition coefficient (Wildman–Crippen LogP) is 3.84. The number of para-hydroxylation sites is 1. The first kappa shape index (κ1) is 20.3. The highest BCUT2D eigenvalue weighted by Gasteiger charge is 2.19. The van der Waals surface area contributed by atoms with Crippen LogP contribution in [-0.4, -0.2) is 57.5 Å². The van der Waals surface area contributed by atoms with E-state index in [4.69, 9.17) is 4.74 Å². The fourth-order valence-corrected chi connectivity index (χ4v) is 4.27. The molecule has 3 aromatic rings. The first-order valence-electron chi connectivity index (χ1n) is 9.42. The molecule has 2 heterocycles. The molecule has 29 heavy (non-hydrogen) atoms. The number of carbonyl (C=O) groups excluding carboxylic acids is 1. The lowest BCUT2D eigenvalue weighted by molar-refractivity contribution is 0.0328. The first-order valence-corrected chi connectivity index (χ1v) is 11.2. The Balaban J connectivity index is 1.54. The van der Waals surface area contributed by atoms with Crippen molar-refractivity contribution < 1.29 is 9.53 Å². The van der Waals surface area contributed by atoms with Gasteiger partial charge in [0.15, 0.2) is 16.8 Å². The number of thioether (sulfide) groups is 1. The van der Waals surface area contributed by atoms with E-state index >= 15 is 0 Å². The van der Waals surface area contributed by atoms with Crippen molar-refractivity contribution in [3.05, 3.63) is 70.5 Å². The van der Waals surface area contributed by atoms with Crippen LogP contribution in [0.4, 0.5) is 0 Å². The molecule has 1 aliphatic rings. The molecule has 1 saturated heterocycles. The van der Waals surface area contributed by atoms with Gasteiger partial charge < -0.3 is 4.74 Å². The van der Waals surface area contributed by atoms with Gasteiger partial charge in [-0.1, -0.05) is 58.0 Å². The van der Waals surface area contributed by atoms with Crippen molar-refractivity contribution in [1.29, 1.82) is 0 Å². The minimum absolute atomic E-state index is 0.0693. The van der Waals surface area contributed by atoms with Gasteiger partial charge in [0.25, 0.3) is 0 Å². The molecule has 0 N–H and O–H groups in total. The van der Waals surface area contributed by atoms with E-state index in [1.807, 2.05) is 54.6 Å². The summed E-state index contributed by atoms with van der Waals surface area (Å²) in [5, 5.41) is 9.56. The van der Waals surface area contributed by atoms with Crippen LogP contribution in [0.2, 0.25) is 0 Å². The fraction of sp³-hybridized carbons (Fsp3) is 0.286. The van der Waals surface area contributed by atoms with Gasteiger partial charge in [-0.2, -0.15) is 0 Å². The van der Waals surface area contributed by atoms with Crippen molar-refractivity contribution in [2.45, 2.75) is 11.7 Å². The molecular weight excluding hydrogens is 452 g/mol. The van der Waals surface area contributed by atoms with E-state index in [-0.39, 0.29) is 5.78 Å². The monoisotopic (exact) mass is 472 g/mol. The Labute approximate surface area is 182 Å². The molecule has 0 amide bonds. The van der Waals surface area contributed by atoms with Gasteiger partial charge >= 0.3 is 0 Å². The Kier molecular flexibility index (Phi) is 6.76. The van der Waals surface area contributed by atoms with E-state index in [9.17, 15) is 4.79 Å². The first-order chi connectivity index (χ1) is 14.2. The topological polar surface area (TPSA) is 60.3 Å². The lowest BCUT2D eigenvalue weighted by Gasteiger charge is -2.26. The number of ether oxygens (including phenoxy) is 1. The Morgan fingerprint density at radius 1 is 1.03 bits per heavy atom. The van der Waals surface area contributed by atoms with Gasteiger partial charge in [-0.05, 0) is 24.3 Å². The number of benzene rings is 2. The number of hydrogen-bond donors (Lipinski definition) is 0. The lowest BCUT2D eigenvalue weighted by Crippen LogP contribution is -2.36. The second-order valence-electron chi connectivity index (χ2n) is 6.68. The highest BCUT2D eigenvalue weighted by Crippen LogP contribution is 2.24. The van der Waals surface area contributed by atoms with Crippen LogP contribution in [0, 0.1) is 0 Å². The molecule has 0 spiro atoms. The van der Waals surface area contributed by atoms with Gasteiger partial charge in [0.05, 0.1) is 25.5 Å². The smallest absolute Gasteiger partial charge is 0.196 e. The number of halogens is 1. The van der Waals surface area contributed by atoms with Gasteiger partial charge in [0.1, 0.15) is 0 Å². The van der Waals surface area contributed by atoms with Gasteiger partial charge in [0.2, 0.25) is 0 Å². The zero-order valence-electron chi connectivity index (χ0n) is 15.8. The van der Waals surface area contributed by atoms with Crippen molar-refractivity contribution in [1.82, 2.24) is 19.7 Å². The minimum atomic E-state index is 0.0693. The third-order valence-electron chi connectivity index (χ3n) is 4.68. The summed E-state index contributed by atoms with van der Waals surface area (Å²) in [6, 6.07) is 17.5. The molecule has 4 rings (SSSR count). The molecule has 0 bridgehead atoms. The summed E-state index contributed by atoms with van der Waals surface area (Å²) in [5.74, 6) is 1.25. The van der Waals surface area contributed by atoms with Crippen molar-refractivity contribution >= 4 is 33.5 Å². The van der Waals surface area contributed by atoms with Crippen LogP contribution in [0.25, 0.3) is 5.69 Å². The lowest BCUT2D eigenvalue weighted by atomic mass is 10.2. The standard InChI is InChI=1S/C21H21BrN4O2S/c22-17-8-6-16(7-9-17)19(27)15-29-21-24-23-20(14-25-10-12-28-13-11-25)26(21)18-4-2-1-3-5-18/h1-9H,10-15H2. The molecule has 2 aromatic carbocycles. The maximum atomic E-state index is 12.6. The number of aromatic nitrogens is 3.